The Bertz CT molecular complexity index is 876. The van der Waals surface area contributed by atoms with Crippen molar-refractivity contribution in [2.24, 2.45) is 0 Å². The molecule has 126 valence electrons. The molecule has 2 aliphatic rings. The molecule has 0 fully saturated rings. The number of pyridine rings is 1. The Morgan fingerprint density at radius 2 is 1.92 bits per heavy atom. The van der Waals surface area contributed by atoms with Gasteiger partial charge in [-0.15, -0.1) is 0 Å². The lowest BCUT2D eigenvalue weighted by atomic mass is 9.77. The molecule has 0 saturated heterocycles. The van der Waals surface area contributed by atoms with E-state index in [1.54, 1.807) is 23.4 Å². The molecule has 2 heterocycles. The van der Waals surface area contributed by atoms with Gasteiger partial charge in [-0.05, 0) is 36.6 Å². The van der Waals surface area contributed by atoms with Gasteiger partial charge in [0, 0.05) is 41.2 Å². The number of hydrogen-bond acceptors (Lipinski definition) is 3. The highest BCUT2D eigenvalue weighted by atomic mass is 35.5. The second kappa shape index (κ2) is 6.45. The van der Waals surface area contributed by atoms with E-state index in [-0.39, 0.29) is 24.0 Å². The summed E-state index contributed by atoms with van der Waals surface area (Å²) in [5, 5.41) is 0.598. The Balaban J connectivity index is 1.89. The van der Waals surface area contributed by atoms with Crippen molar-refractivity contribution in [1.29, 1.82) is 0 Å². The molecule has 25 heavy (non-hydrogen) atoms. The highest BCUT2D eigenvalue weighted by Crippen LogP contribution is 2.44. The first-order chi connectivity index (χ1) is 12.2. The summed E-state index contributed by atoms with van der Waals surface area (Å²) in [6.45, 7) is 0. The number of halogens is 1. The number of benzene rings is 1. The maximum Gasteiger partial charge on any atom is 0.232 e. The zero-order chi connectivity index (χ0) is 17.4. The zero-order valence-corrected chi connectivity index (χ0v) is 14.4. The predicted octanol–water partition coefficient (Wildman–Crippen LogP) is 4.26. The van der Waals surface area contributed by atoms with Crippen molar-refractivity contribution in [3.05, 3.63) is 70.6 Å². The minimum Gasteiger partial charge on any atom is -0.294 e. The van der Waals surface area contributed by atoms with Crippen LogP contribution in [0, 0.1) is 0 Å². The van der Waals surface area contributed by atoms with Crippen LogP contribution in [0.15, 0.2) is 60.1 Å². The van der Waals surface area contributed by atoms with Crippen molar-refractivity contribution >= 4 is 29.0 Å². The molecule has 1 aliphatic heterocycles. The van der Waals surface area contributed by atoms with E-state index in [2.05, 4.69) is 4.98 Å². The molecular formula is C20H17ClN2O2. The fraction of sp³-hybridized carbons (Fsp3) is 0.250. The SMILES string of the molecule is O=C1CCCC2=C1C(c1ccccc1Cl)CC(=O)N2c1cccnc1. The lowest BCUT2D eigenvalue weighted by Crippen LogP contribution is -2.40. The van der Waals surface area contributed by atoms with Crippen LogP contribution in [0.3, 0.4) is 0 Å². The Kier molecular flexibility index (Phi) is 4.14. The van der Waals surface area contributed by atoms with Crippen LogP contribution < -0.4 is 4.90 Å². The van der Waals surface area contributed by atoms with Crippen LogP contribution in [0.25, 0.3) is 0 Å². The minimum absolute atomic E-state index is 0.0219. The maximum atomic E-state index is 13.0. The number of carbonyl (C=O) groups excluding carboxylic acids is 2. The van der Waals surface area contributed by atoms with Crippen LogP contribution in [0.4, 0.5) is 5.69 Å². The van der Waals surface area contributed by atoms with Crippen LogP contribution in [0.2, 0.25) is 5.02 Å². The van der Waals surface area contributed by atoms with Gasteiger partial charge in [-0.3, -0.25) is 19.5 Å². The number of allylic oxidation sites excluding steroid dienone is 2. The molecule has 2 aromatic rings. The first kappa shape index (κ1) is 16.0. The quantitative estimate of drug-likeness (QED) is 0.811. The number of carbonyl (C=O) groups is 2. The molecule has 5 heteroatoms. The van der Waals surface area contributed by atoms with Crippen molar-refractivity contribution in [2.75, 3.05) is 4.90 Å². The van der Waals surface area contributed by atoms with Gasteiger partial charge < -0.3 is 0 Å². The fourth-order valence-corrected chi connectivity index (χ4v) is 4.07. The molecule has 1 aromatic heterocycles. The van der Waals surface area contributed by atoms with E-state index in [0.29, 0.717) is 23.6 Å². The van der Waals surface area contributed by atoms with Crippen LogP contribution in [-0.4, -0.2) is 16.7 Å². The van der Waals surface area contributed by atoms with E-state index >= 15 is 0 Å². The van der Waals surface area contributed by atoms with Gasteiger partial charge in [-0.25, -0.2) is 0 Å². The van der Waals surface area contributed by atoms with Crippen molar-refractivity contribution in [2.45, 2.75) is 31.6 Å². The summed E-state index contributed by atoms with van der Waals surface area (Å²) in [4.78, 5) is 31.5. The second-order valence-electron chi connectivity index (χ2n) is 6.36. The first-order valence-electron chi connectivity index (χ1n) is 8.40. The Labute approximate surface area is 151 Å². The summed E-state index contributed by atoms with van der Waals surface area (Å²) in [5.41, 5.74) is 3.12. The summed E-state index contributed by atoms with van der Waals surface area (Å²) in [5.74, 6) is -0.171. The molecule has 4 nitrogen and oxygen atoms in total. The number of anilines is 1. The van der Waals surface area contributed by atoms with Crippen molar-refractivity contribution in [3.8, 4) is 0 Å². The number of aromatic nitrogens is 1. The number of Topliss-reactive ketones (excluding diaryl/α,β-unsaturated/α-hetero) is 1. The summed E-state index contributed by atoms with van der Waals surface area (Å²) in [6, 6.07) is 11.1. The molecule has 1 unspecified atom stereocenters. The second-order valence-corrected chi connectivity index (χ2v) is 6.76. The van der Waals surface area contributed by atoms with Gasteiger partial charge in [0.1, 0.15) is 0 Å². The molecular weight excluding hydrogens is 336 g/mol. The van der Waals surface area contributed by atoms with Crippen molar-refractivity contribution in [3.63, 3.8) is 0 Å². The van der Waals surface area contributed by atoms with Crippen molar-refractivity contribution < 1.29 is 9.59 Å². The van der Waals surface area contributed by atoms with Crippen LogP contribution in [0.1, 0.15) is 37.2 Å². The van der Waals surface area contributed by atoms with E-state index in [1.165, 1.54) is 0 Å². The molecule has 0 bridgehead atoms. The molecule has 0 N–H and O–H groups in total. The van der Waals surface area contributed by atoms with E-state index in [4.69, 9.17) is 11.6 Å². The molecule has 0 saturated carbocycles. The van der Waals surface area contributed by atoms with Gasteiger partial charge in [0.25, 0.3) is 0 Å². The summed E-state index contributed by atoms with van der Waals surface area (Å²) in [7, 11) is 0. The summed E-state index contributed by atoms with van der Waals surface area (Å²) in [6.07, 6.45) is 5.57. The number of hydrogen-bond donors (Lipinski definition) is 0. The smallest absolute Gasteiger partial charge is 0.232 e. The molecule has 0 spiro atoms. The molecule has 4 rings (SSSR count). The van der Waals surface area contributed by atoms with E-state index in [1.807, 2.05) is 30.3 Å². The Morgan fingerprint density at radius 1 is 1.08 bits per heavy atom. The minimum atomic E-state index is -0.267. The lowest BCUT2D eigenvalue weighted by molar-refractivity contribution is -0.119. The lowest BCUT2D eigenvalue weighted by Gasteiger charge is -2.38. The van der Waals surface area contributed by atoms with Gasteiger partial charge in [0.15, 0.2) is 5.78 Å². The number of rotatable bonds is 2. The fourth-order valence-electron chi connectivity index (χ4n) is 3.80. The van der Waals surface area contributed by atoms with E-state index in [9.17, 15) is 9.59 Å². The van der Waals surface area contributed by atoms with Gasteiger partial charge in [0.05, 0.1) is 11.9 Å². The third-order valence-electron chi connectivity index (χ3n) is 4.86. The molecule has 1 amide bonds. The van der Waals surface area contributed by atoms with Gasteiger partial charge in [-0.2, -0.15) is 0 Å². The molecule has 1 aromatic carbocycles. The standard InChI is InChI=1S/C20H17ClN2O2/c21-16-7-2-1-6-14(16)15-11-19(25)23(13-5-4-10-22-12-13)17-8-3-9-18(24)20(15)17/h1-2,4-7,10,12,15H,3,8-9,11H2. The monoisotopic (exact) mass is 352 g/mol. The number of amides is 1. The average molecular weight is 353 g/mol. The Morgan fingerprint density at radius 3 is 2.68 bits per heavy atom. The zero-order valence-electron chi connectivity index (χ0n) is 13.6. The summed E-state index contributed by atoms with van der Waals surface area (Å²) < 4.78 is 0. The topological polar surface area (TPSA) is 50.3 Å². The third-order valence-corrected chi connectivity index (χ3v) is 5.20. The molecule has 0 radical (unpaired) electrons. The highest BCUT2D eigenvalue weighted by Gasteiger charge is 2.40. The largest absolute Gasteiger partial charge is 0.294 e. The van der Waals surface area contributed by atoms with Gasteiger partial charge in [-0.1, -0.05) is 29.8 Å². The third kappa shape index (κ3) is 2.76. The highest BCUT2D eigenvalue weighted by molar-refractivity contribution is 6.31. The van der Waals surface area contributed by atoms with E-state index < -0.39 is 0 Å². The van der Waals surface area contributed by atoms with Crippen LogP contribution in [-0.2, 0) is 9.59 Å². The molecule has 1 aliphatic carbocycles. The first-order valence-corrected chi connectivity index (χ1v) is 8.78. The van der Waals surface area contributed by atoms with Crippen molar-refractivity contribution in [1.82, 2.24) is 4.98 Å². The molecule has 1 atom stereocenters. The predicted molar refractivity (Wildman–Crippen MR) is 96.4 cm³/mol. The van der Waals surface area contributed by atoms with Gasteiger partial charge in [0.2, 0.25) is 5.91 Å². The Hall–Kier alpha value is -2.46. The maximum absolute atomic E-state index is 13.0. The average Bonchev–Trinajstić information content (AvgIpc) is 2.62. The summed E-state index contributed by atoms with van der Waals surface area (Å²) >= 11 is 6.37. The number of ketones is 1. The number of nitrogens with zero attached hydrogens (tertiary/aromatic N) is 2. The van der Waals surface area contributed by atoms with Crippen LogP contribution >= 0.6 is 11.6 Å². The van der Waals surface area contributed by atoms with Gasteiger partial charge >= 0.3 is 0 Å². The van der Waals surface area contributed by atoms with E-state index in [0.717, 1.165) is 23.3 Å². The van der Waals surface area contributed by atoms with Crippen LogP contribution in [0.5, 0.6) is 0 Å². The normalized spacial score (nSPS) is 20.7.